The van der Waals surface area contributed by atoms with Crippen LogP contribution in [0.2, 0.25) is 0 Å². The molecule has 0 amide bonds. The van der Waals surface area contributed by atoms with Gasteiger partial charge < -0.3 is 25.5 Å². The summed E-state index contributed by atoms with van der Waals surface area (Å²) >= 11 is 0. The van der Waals surface area contributed by atoms with Gasteiger partial charge in [-0.15, -0.1) is 24.0 Å². The summed E-state index contributed by atoms with van der Waals surface area (Å²) in [6.45, 7) is 7.84. The van der Waals surface area contributed by atoms with E-state index in [9.17, 15) is 8.42 Å². The Hall–Kier alpha value is -3.04. The normalized spacial score (nSPS) is 14.5. The Morgan fingerprint density at radius 3 is 2.44 bits per heavy atom. The summed E-state index contributed by atoms with van der Waals surface area (Å²) < 4.78 is 39.4. The molecule has 1 aliphatic rings. The van der Waals surface area contributed by atoms with E-state index >= 15 is 0 Å². The number of halogens is 1. The molecule has 0 spiro atoms. The number of nitrogen functional groups attached to an aromatic ring is 1. The monoisotopic (exact) mass is 671 g/mol. The smallest absolute Gasteiger partial charge is 0.279 e. The molecule has 0 saturated carbocycles. The van der Waals surface area contributed by atoms with E-state index in [1.807, 2.05) is 0 Å². The number of methoxy groups -OCH3 is 1. The first-order valence-electron chi connectivity index (χ1n) is 12.3. The lowest BCUT2D eigenvalue weighted by molar-refractivity contribution is 0.0812. The number of pyridine rings is 1. The van der Waals surface area contributed by atoms with Crippen LogP contribution in [0.15, 0.2) is 47.6 Å². The van der Waals surface area contributed by atoms with Gasteiger partial charge in [0.1, 0.15) is 17.7 Å². The fourth-order valence-corrected chi connectivity index (χ4v) is 5.27. The van der Waals surface area contributed by atoms with Gasteiger partial charge in [-0.2, -0.15) is 13.4 Å². The highest BCUT2D eigenvalue weighted by Crippen LogP contribution is 2.30. The van der Waals surface area contributed by atoms with Crippen molar-refractivity contribution in [1.29, 1.82) is 5.41 Å². The summed E-state index contributed by atoms with van der Waals surface area (Å²) in [5, 5.41) is 8.02. The number of piperidine rings is 1. The zero-order valence-corrected chi connectivity index (χ0v) is 25.5. The Bertz CT molecular complexity index is 1420. The molecule has 2 aromatic heterocycles. The lowest BCUT2D eigenvalue weighted by atomic mass is 10.1. The van der Waals surface area contributed by atoms with Crippen LogP contribution >= 0.6 is 24.0 Å². The van der Waals surface area contributed by atoms with Gasteiger partial charge in [-0.3, -0.25) is 4.72 Å². The second kappa shape index (κ2) is 12.9. The number of ether oxygens (including phenoxy) is 2. The molecule has 1 aliphatic heterocycles. The molecular weight excluding hydrogens is 633 g/mol. The Kier molecular flexibility index (Phi) is 10.1. The van der Waals surface area contributed by atoms with Gasteiger partial charge in [0.05, 0.1) is 12.7 Å². The van der Waals surface area contributed by atoms with Gasteiger partial charge in [-0.25, -0.2) is 9.97 Å². The first kappa shape index (κ1) is 30.5. The highest BCUT2D eigenvalue weighted by molar-refractivity contribution is 14.0. The van der Waals surface area contributed by atoms with Crippen LogP contribution in [0.5, 0.6) is 11.6 Å². The molecule has 3 heterocycles. The van der Waals surface area contributed by atoms with Crippen molar-refractivity contribution in [2.45, 2.75) is 50.8 Å². The summed E-state index contributed by atoms with van der Waals surface area (Å²) in [6, 6.07) is 9.97. The maximum absolute atomic E-state index is 12.8. The second-order valence-corrected chi connectivity index (χ2v) is 11.0. The molecule has 1 fully saturated rings. The zero-order chi connectivity index (χ0) is 27.4. The molecule has 214 valence electrons. The molecule has 0 aliphatic carbocycles. The van der Waals surface area contributed by atoms with Crippen molar-refractivity contribution in [3.8, 4) is 23.0 Å². The molecule has 1 aromatic carbocycles. The van der Waals surface area contributed by atoms with E-state index in [4.69, 9.17) is 20.6 Å². The largest absolute Gasteiger partial charge is 0.497 e. The molecule has 0 bridgehead atoms. The molecule has 39 heavy (non-hydrogen) atoms. The van der Waals surface area contributed by atoms with E-state index in [1.54, 1.807) is 37.3 Å². The van der Waals surface area contributed by atoms with E-state index in [0.717, 1.165) is 25.9 Å². The molecule has 0 unspecified atom stereocenters. The number of hydrogen-bond donors (Lipinski definition) is 3. The first-order valence-corrected chi connectivity index (χ1v) is 13.8. The first-order chi connectivity index (χ1) is 18.1. The number of benzene rings is 1. The summed E-state index contributed by atoms with van der Waals surface area (Å²) in [4.78, 5) is 15.3. The lowest BCUT2D eigenvalue weighted by Crippen LogP contribution is -2.42. The van der Waals surface area contributed by atoms with E-state index in [1.165, 1.54) is 19.4 Å². The highest BCUT2D eigenvalue weighted by Gasteiger charge is 2.25. The fourth-order valence-electron chi connectivity index (χ4n) is 4.25. The van der Waals surface area contributed by atoms with E-state index in [2.05, 4.69) is 38.4 Å². The molecule has 3 aromatic rings. The number of aromatic nitrogens is 3. The quantitative estimate of drug-likeness (QED) is 0.217. The maximum Gasteiger partial charge on any atom is 0.279 e. The van der Waals surface area contributed by atoms with Gasteiger partial charge >= 0.3 is 0 Å². The number of nitrogens with two attached hydrogens (primary N) is 1. The van der Waals surface area contributed by atoms with Gasteiger partial charge in [-0.05, 0) is 63.9 Å². The molecule has 0 atom stereocenters. The summed E-state index contributed by atoms with van der Waals surface area (Å²) in [7, 11) is -2.46. The predicted molar refractivity (Wildman–Crippen MR) is 166 cm³/mol. The van der Waals surface area contributed by atoms with Crippen LogP contribution in [-0.2, 0) is 10.0 Å². The van der Waals surface area contributed by atoms with Crippen LogP contribution in [0.1, 0.15) is 42.0 Å². The second-order valence-electron chi connectivity index (χ2n) is 9.40. The van der Waals surface area contributed by atoms with Crippen LogP contribution < -0.4 is 19.9 Å². The number of likely N-dealkylation sites (tertiary alicyclic amines) is 1. The third kappa shape index (κ3) is 7.33. The highest BCUT2D eigenvalue weighted by atomic mass is 127. The van der Waals surface area contributed by atoms with E-state index in [0.29, 0.717) is 34.4 Å². The number of nitrogens with one attached hydrogen (secondary N) is 2. The minimum absolute atomic E-state index is 0. The number of anilines is 2. The molecule has 4 N–H and O–H groups in total. The maximum atomic E-state index is 12.8. The SMILES string of the molecule is COc1ccnc(S(=O)(=O)Nc2ccc(-c3nc(N)c(C(C)=N)c(OC4CCN(C(C)C)CC4)n3)cc2)c1.I.[HH].[HH]. The van der Waals surface area contributed by atoms with Crippen molar-refractivity contribution in [1.82, 2.24) is 19.9 Å². The summed E-state index contributed by atoms with van der Waals surface area (Å²) in [5.74, 6) is 1.16. The van der Waals surface area contributed by atoms with Crippen molar-refractivity contribution in [2.24, 2.45) is 0 Å². The standard InChI is InChI=1S/C26H33N7O4S.HI.2H2/c1-16(2)33-13-10-20(11-14-33)37-26-23(17(3)27)24(28)30-25(31-26)18-5-7-19(8-6-18)32-38(34,35)22-15-21(36-4)9-12-29-22;;;/h5-9,12,15-16,20,27,32H,10-11,13-14H2,1-4H3,(H2,28,30,31);3*1H. The Morgan fingerprint density at radius 2 is 1.85 bits per heavy atom. The predicted octanol–water partition coefficient (Wildman–Crippen LogP) is 4.68. The molecule has 4 rings (SSSR count). The molecule has 1 saturated heterocycles. The Morgan fingerprint density at radius 1 is 1.18 bits per heavy atom. The molecule has 13 heteroatoms. The average molecular weight is 672 g/mol. The van der Waals surface area contributed by atoms with E-state index < -0.39 is 10.0 Å². The number of nitrogens with zero attached hydrogens (tertiary/aromatic N) is 4. The van der Waals surface area contributed by atoms with Gasteiger partial charge in [0.25, 0.3) is 10.0 Å². The summed E-state index contributed by atoms with van der Waals surface area (Å²) in [5.41, 5.74) is 7.80. The van der Waals surface area contributed by atoms with Gasteiger partial charge in [0.15, 0.2) is 10.9 Å². The van der Waals surface area contributed by atoms with Gasteiger partial charge in [-0.1, -0.05) is 0 Å². The number of hydrogen-bond acceptors (Lipinski definition) is 10. The van der Waals surface area contributed by atoms with Crippen molar-refractivity contribution in [2.75, 3.05) is 30.7 Å². The van der Waals surface area contributed by atoms with Crippen molar-refractivity contribution in [3.63, 3.8) is 0 Å². The zero-order valence-electron chi connectivity index (χ0n) is 22.3. The minimum Gasteiger partial charge on any atom is -0.497 e. The van der Waals surface area contributed by atoms with E-state index in [-0.39, 0.29) is 55.4 Å². The molecular formula is C26H38IN7O4S. The topological polar surface area (TPSA) is 156 Å². The molecule has 11 nitrogen and oxygen atoms in total. The fraction of sp³-hybridized carbons (Fsp3) is 0.385. The number of sulfonamides is 1. The Balaban J connectivity index is 0.00000280. The third-order valence-electron chi connectivity index (χ3n) is 6.38. The van der Waals surface area contributed by atoms with Crippen LogP contribution in [0.3, 0.4) is 0 Å². The average Bonchev–Trinajstić information content (AvgIpc) is 2.88. The van der Waals surface area contributed by atoms with Crippen LogP contribution in [-0.4, -0.2) is 66.3 Å². The van der Waals surface area contributed by atoms with Crippen LogP contribution in [0, 0.1) is 5.41 Å². The Labute approximate surface area is 249 Å². The lowest BCUT2D eigenvalue weighted by Gasteiger charge is -2.34. The van der Waals surface area contributed by atoms with Crippen LogP contribution in [0.4, 0.5) is 11.5 Å². The van der Waals surface area contributed by atoms with Crippen molar-refractivity contribution in [3.05, 3.63) is 48.2 Å². The van der Waals surface area contributed by atoms with Crippen molar-refractivity contribution < 1.29 is 20.7 Å². The van der Waals surface area contributed by atoms with Gasteiger partial charge in [0.2, 0.25) is 5.88 Å². The minimum atomic E-state index is -3.92. The molecule has 0 radical (unpaired) electrons. The summed E-state index contributed by atoms with van der Waals surface area (Å²) in [6.07, 6.45) is 3.04. The van der Waals surface area contributed by atoms with Crippen molar-refractivity contribution >= 4 is 51.2 Å². The number of rotatable bonds is 9. The van der Waals surface area contributed by atoms with Crippen LogP contribution in [0.25, 0.3) is 11.4 Å². The van der Waals surface area contributed by atoms with Gasteiger partial charge in [0, 0.05) is 51.2 Å². The third-order valence-corrected chi connectivity index (χ3v) is 7.65.